The largest absolute Gasteiger partial charge is 0.462 e. The topological polar surface area (TPSA) is 88.0 Å². The molecule has 0 saturated carbocycles. The summed E-state index contributed by atoms with van der Waals surface area (Å²) in [6, 6.07) is 8.26. The quantitative estimate of drug-likeness (QED) is 0.461. The molecular weight excluding hydrogens is 394 g/mol. The predicted octanol–water partition coefficient (Wildman–Crippen LogP) is 2.82. The van der Waals surface area contributed by atoms with Gasteiger partial charge in [-0.2, -0.15) is 20.1 Å². The van der Waals surface area contributed by atoms with Crippen LogP contribution in [0.3, 0.4) is 0 Å². The Morgan fingerprint density at radius 3 is 2.87 bits per heavy atom. The van der Waals surface area contributed by atoms with Gasteiger partial charge in [0.15, 0.2) is 0 Å². The van der Waals surface area contributed by atoms with Crippen LogP contribution < -0.4 is 15.1 Å². The molecule has 0 bridgehead atoms. The van der Waals surface area contributed by atoms with Crippen molar-refractivity contribution in [1.29, 1.82) is 0 Å². The molecule has 1 aliphatic heterocycles. The number of hydrogen-bond donors (Lipinski definition) is 1. The van der Waals surface area contributed by atoms with Crippen molar-refractivity contribution < 1.29 is 9.47 Å². The van der Waals surface area contributed by atoms with Crippen LogP contribution in [0.1, 0.15) is 18.1 Å². The molecule has 31 heavy (non-hydrogen) atoms. The van der Waals surface area contributed by atoms with Crippen molar-refractivity contribution in [3.05, 3.63) is 60.4 Å². The lowest BCUT2D eigenvalue weighted by molar-refractivity contribution is 0.0317. The Bertz CT molecular complexity index is 910. The van der Waals surface area contributed by atoms with E-state index >= 15 is 0 Å². The summed E-state index contributed by atoms with van der Waals surface area (Å²) in [6.07, 6.45) is 7.01. The molecule has 2 heterocycles. The van der Waals surface area contributed by atoms with Crippen molar-refractivity contribution in [2.24, 2.45) is 5.10 Å². The van der Waals surface area contributed by atoms with Crippen LogP contribution in [0.4, 0.5) is 11.9 Å². The van der Waals surface area contributed by atoms with Gasteiger partial charge in [0.1, 0.15) is 6.61 Å². The lowest BCUT2D eigenvalue weighted by Crippen LogP contribution is -2.38. The SMILES string of the molecule is C=CN(/C=C\C)c1nc(N/N=C/c2cccc(C)c2)nc(OCCN2CCOCC2)n1. The molecule has 0 unspecified atom stereocenters. The first-order valence-corrected chi connectivity index (χ1v) is 10.3. The Balaban J connectivity index is 1.71. The molecule has 0 spiro atoms. The van der Waals surface area contributed by atoms with Gasteiger partial charge in [0.2, 0.25) is 5.95 Å². The summed E-state index contributed by atoms with van der Waals surface area (Å²) in [5.74, 6) is 0.671. The minimum absolute atomic E-state index is 0.225. The molecular formula is C22H29N7O2. The summed E-state index contributed by atoms with van der Waals surface area (Å²) in [6.45, 7) is 12.3. The average molecular weight is 424 g/mol. The molecule has 1 fully saturated rings. The van der Waals surface area contributed by atoms with Crippen LogP contribution in [0.5, 0.6) is 6.01 Å². The van der Waals surface area contributed by atoms with E-state index in [1.807, 2.05) is 44.2 Å². The number of morpholine rings is 1. The molecule has 2 aromatic rings. The lowest BCUT2D eigenvalue weighted by atomic mass is 10.2. The zero-order valence-corrected chi connectivity index (χ0v) is 18.1. The number of benzene rings is 1. The number of rotatable bonds is 10. The van der Waals surface area contributed by atoms with Crippen molar-refractivity contribution in [1.82, 2.24) is 19.9 Å². The van der Waals surface area contributed by atoms with Gasteiger partial charge in [-0.05, 0) is 19.4 Å². The summed E-state index contributed by atoms with van der Waals surface area (Å²) in [5.41, 5.74) is 5.01. The van der Waals surface area contributed by atoms with Gasteiger partial charge in [0.05, 0.1) is 19.4 Å². The van der Waals surface area contributed by atoms with Crippen molar-refractivity contribution in [3.8, 4) is 6.01 Å². The lowest BCUT2D eigenvalue weighted by Gasteiger charge is -2.26. The molecule has 0 atom stereocenters. The van der Waals surface area contributed by atoms with Gasteiger partial charge < -0.3 is 9.47 Å². The summed E-state index contributed by atoms with van der Waals surface area (Å²) in [4.78, 5) is 17.1. The Hall–Kier alpha value is -3.30. The third-order valence-electron chi connectivity index (χ3n) is 4.50. The zero-order chi connectivity index (χ0) is 21.9. The van der Waals surface area contributed by atoms with Crippen LogP contribution >= 0.6 is 0 Å². The molecule has 0 amide bonds. The Labute approximate surface area is 183 Å². The molecule has 1 aromatic carbocycles. The van der Waals surface area contributed by atoms with Gasteiger partial charge in [-0.15, -0.1) is 0 Å². The standard InChI is InChI=1S/C22H29N7O2/c1-4-9-29(5-2)21-24-20(27-23-17-19-8-6-7-18(3)16-19)25-22(26-21)31-15-12-28-10-13-30-14-11-28/h4-9,16-17H,2,10-15H2,1,3H3,(H,24,25,26,27)/b9-4-,23-17+. The maximum absolute atomic E-state index is 5.82. The highest BCUT2D eigenvalue weighted by molar-refractivity contribution is 5.80. The predicted molar refractivity (Wildman–Crippen MR) is 122 cm³/mol. The molecule has 9 heteroatoms. The van der Waals surface area contributed by atoms with E-state index in [0.717, 1.165) is 44.0 Å². The maximum atomic E-state index is 5.82. The number of aromatic nitrogens is 3. The van der Waals surface area contributed by atoms with E-state index in [9.17, 15) is 0 Å². The average Bonchev–Trinajstić information content (AvgIpc) is 2.78. The highest BCUT2D eigenvalue weighted by Crippen LogP contribution is 2.16. The summed E-state index contributed by atoms with van der Waals surface area (Å²) in [7, 11) is 0. The zero-order valence-electron chi connectivity index (χ0n) is 18.1. The second-order valence-corrected chi connectivity index (χ2v) is 6.90. The second-order valence-electron chi connectivity index (χ2n) is 6.90. The number of hydrazone groups is 1. The van der Waals surface area contributed by atoms with Gasteiger partial charge in [0, 0.05) is 32.0 Å². The molecule has 1 saturated heterocycles. The van der Waals surface area contributed by atoms with Crippen LogP contribution in [-0.4, -0.2) is 65.5 Å². The van der Waals surface area contributed by atoms with E-state index in [1.54, 1.807) is 23.5 Å². The fraction of sp³-hybridized carbons (Fsp3) is 0.364. The minimum atomic E-state index is 0.225. The summed E-state index contributed by atoms with van der Waals surface area (Å²) < 4.78 is 11.2. The van der Waals surface area contributed by atoms with Crippen molar-refractivity contribution in [2.75, 3.05) is 49.8 Å². The van der Waals surface area contributed by atoms with Crippen LogP contribution in [-0.2, 0) is 4.74 Å². The number of anilines is 2. The molecule has 3 rings (SSSR count). The van der Waals surface area contributed by atoms with Crippen molar-refractivity contribution in [2.45, 2.75) is 13.8 Å². The van der Waals surface area contributed by atoms with E-state index < -0.39 is 0 Å². The van der Waals surface area contributed by atoms with Crippen LogP contribution in [0, 0.1) is 6.92 Å². The highest BCUT2D eigenvalue weighted by atomic mass is 16.5. The van der Waals surface area contributed by atoms with E-state index in [4.69, 9.17) is 9.47 Å². The van der Waals surface area contributed by atoms with Gasteiger partial charge in [-0.3, -0.25) is 9.80 Å². The highest BCUT2D eigenvalue weighted by Gasteiger charge is 2.13. The van der Waals surface area contributed by atoms with E-state index in [-0.39, 0.29) is 12.0 Å². The number of hydrogen-bond acceptors (Lipinski definition) is 9. The molecule has 1 aromatic heterocycles. The number of nitrogens with zero attached hydrogens (tertiary/aromatic N) is 6. The second kappa shape index (κ2) is 11.8. The van der Waals surface area contributed by atoms with Gasteiger partial charge in [-0.25, -0.2) is 5.43 Å². The number of ether oxygens (including phenoxy) is 2. The molecule has 0 aliphatic carbocycles. The van der Waals surface area contributed by atoms with Crippen molar-refractivity contribution in [3.63, 3.8) is 0 Å². The van der Waals surface area contributed by atoms with Gasteiger partial charge in [0.25, 0.3) is 5.95 Å². The van der Waals surface area contributed by atoms with Crippen molar-refractivity contribution >= 4 is 18.1 Å². The maximum Gasteiger partial charge on any atom is 0.323 e. The molecule has 9 nitrogen and oxygen atoms in total. The molecule has 1 aliphatic rings. The van der Waals surface area contributed by atoms with E-state index in [0.29, 0.717) is 12.6 Å². The third kappa shape index (κ3) is 7.16. The van der Waals surface area contributed by atoms with E-state index in [1.165, 1.54) is 0 Å². The smallest absolute Gasteiger partial charge is 0.323 e. The molecule has 0 radical (unpaired) electrons. The molecule has 1 N–H and O–H groups in total. The normalized spacial score (nSPS) is 14.8. The first-order valence-electron chi connectivity index (χ1n) is 10.3. The third-order valence-corrected chi connectivity index (χ3v) is 4.50. The minimum Gasteiger partial charge on any atom is -0.462 e. The van der Waals surface area contributed by atoms with Gasteiger partial charge >= 0.3 is 6.01 Å². The number of aryl methyl sites for hydroxylation is 1. The Morgan fingerprint density at radius 2 is 2.13 bits per heavy atom. The number of allylic oxidation sites excluding steroid dienone is 1. The van der Waals surface area contributed by atoms with Gasteiger partial charge in [-0.1, -0.05) is 42.5 Å². The van der Waals surface area contributed by atoms with Crippen LogP contribution in [0.25, 0.3) is 0 Å². The fourth-order valence-corrected chi connectivity index (χ4v) is 2.95. The fourth-order valence-electron chi connectivity index (χ4n) is 2.95. The molecule has 164 valence electrons. The number of nitrogens with one attached hydrogen (secondary N) is 1. The van der Waals surface area contributed by atoms with Crippen LogP contribution in [0.15, 0.2) is 54.4 Å². The van der Waals surface area contributed by atoms with E-state index in [2.05, 4.69) is 37.0 Å². The monoisotopic (exact) mass is 423 g/mol. The first-order chi connectivity index (χ1) is 15.2. The summed E-state index contributed by atoms with van der Waals surface area (Å²) in [5, 5.41) is 4.25. The Morgan fingerprint density at radius 1 is 1.29 bits per heavy atom. The first kappa shape index (κ1) is 22.4. The van der Waals surface area contributed by atoms with Crippen LogP contribution in [0.2, 0.25) is 0 Å². The summed E-state index contributed by atoms with van der Waals surface area (Å²) >= 11 is 0. The Kier molecular flexibility index (Phi) is 8.50.